The maximum Gasteiger partial charge on any atom is 0.266 e. The lowest BCUT2D eigenvalue weighted by molar-refractivity contribution is 0.697. The number of rotatable bonds is 2. The van der Waals surface area contributed by atoms with Crippen molar-refractivity contribution >= 4 is 0 Å². The number of nitrogens with one attached hydrogen (secondary N) is 1. The molecule has 114 valence electrons. The first-order valence-corrected chi connectivity index (χ1v) is 6.96. The average molecular weight is 289 g/mol. The maximum absolute atomic E-state index is 10.9. The summed E-state index contributed by atoms with van der Waals surface area (Å²) in [5, 5.41) is 15.7. The molecule has 0 aliphatic rings. The van der Waals surface area contributed by atoms with Crippen LogP contribution in [-0.2, 0) is 14.1 Å². The van der Waals surface area contributed by atoms with Gasteiger partial charge in [-0.3, -0.25) is 19.3 Å². The second-order valence-corrected chi connectivity index (χ2v) is 5.61. The first kappa shape index (κ1) is 16.8. The standard InChI is InChI=1S/C8H11N3.C7H12N2O/c1-6(2)8-4-7(5-9)11(3)10-8;1-5(2)6-4-7(10)9(3)8-6/h4,6H,1-3H3;4-5,8H,1-3H3. The molecule has 0 aromatic carbocycles. The van der Waals surface area contributed by atoms with E-state index in [2.05, 4.69) is 30.1 Å². The van der Waals surface area contributed by atoms with Crippen LogP contribution in [0.4, 0.5) is 0 Å². The molecule has 0 saturated heterocycles. The fourth-order valence-corrected chi connectivity index (χ4v) is 1.68. The summed E-state index contributed by atoms with van der Waals surface area (Å²) in [7, 11) is 3.50. The van der Waals surface area contributed by atoms with Crippen molar-refractivity contribution in [1.29, 1.82) is 5.26 Å². The fourth-order valence-electron chi connectivity index (χ4n) is 1.68. The molecule has 2 aromatic heterocycles. The predicted molar refractivity (Wildman–Crippen MR) is 82.1 cm³/mol. The lowest BCUT2D eigenvalue weighted by Crippen LogP contribution is -2.09. The summed E-state index contributed by atoms with van der Waals surface area (Å²) < 4.78 is 3.09. The zero-order valence-electron chi connectivity index (χ0n) is 13.5. The first-order valence-electron chi connectivity index (χ1n) is 6.96. The highest BCUT2D eigenvalue weighted by atomic mass is 16.1. The maximum atomic E-state index is 10.9. The number of H-pyrrole nitrogens is 1. The van der Waals surface area contributed by atoms with Crippen molar-refractivity contribution in [3.8, 4) is 6.07 Å². The van der Waals surface area contributed by atoms with Crippen molar-refractivity contribution in [2.45, 2.75) is 39.5 Å². The van der Waals surface area contributed by atoms with Crippen LogP contribution in [0.2, 0.25) is 0 Å². The number of hydrogen-bond donors (Lipinski definition) is 1. The number of nitrogens with zero attached hydrogens (tertiary/aromatic N) is 4. The molecule has 1 N–H and O–H groups in total. The third-order valence-corrected chi connectivity index (χ3v) is 3.13. The van der Waals surface area contributed by atoms with Crippen LogP contribution in [0.1, 0.15) is 56.6 Å². The minimum absolute atomic E-state index is 0.0312. The Labute approximate surface area is 125 Å². The van der Waals surface area contributed by atoms with E-state index in [0.717, 1.165) is 11.4 Å². The van der Waals surface area contributed by atoms with Gasteiger partial charge in [-0.15, -0.1) is 0 Å². The van der Waals surface area contributed by atoms with E-state index < -0.39 is 0 Å². The van der Waals surface area contributed by atoms with Gasteiger partial charge in [0.1, 0.15) is 11.8 Å². The molecule has 2 rings (SSSR count). The predicted octanol–water partition coefficient (Wildman–Crippen LogP) is 2.25. The summed E-state index contributed by atoms with van der Waals surface area (Å²) in [6.07, 6.45) is 0. The van der Waals surface area contributed by atoms with Crippen LogP contribution in [0.25, 0.3) is 0 Å². The zero-order valence-corrected chi connectivity index (χ0v) is 13.5. The van der Waals surface area contributed by atoms with Crippen LogP contribution in [-0.4, -0.2) is 19.6 Å². The van der Waals surface area contributed by atoms with E-state index in [4.69, 9.17) is 5.26 Å². The summed E-state index contributed by atoms with van der Waals surface area (Å²) in [4.78, 5) is 10.9. The van der Waals surface area contributed by atoms with Gasteiger partial charge in [0.25, 0.3) is 5.56 Å². The van der Waals surface area contributed by atoms with E-state index in [0.29, 0.717) is 17.5 Å². The van der Waals surface area contributed by atoms with Gasteiger partial charge >= 0.3 is 0 Å². The summed E-state index contributed by atoms with van der Waals surface area (Å²) in [6.45, 7) is 8.21. The molecule has 0 bridgehead atoms. The summed E-state index contributed by atoms with van der Waals surface area (Å²) in [6, 6.07) is 5.52. The van der Waals surface area contributed by atoms with Crippen LogP contribution in [0, 0.1) is 11.3 Å². The third-order valence-electron chi connectivity index (χ3n) is 3.13. The van der Waals surface area contributed by atoms with E-state index in [1.807, 2.05) is 19.9 Å². The molecule has 6 heteroatoms. The normalized spacial score (nSPS) is 10.4. The number of aromatic amines is 1. The van der Waals surface area contributed by atoms with Gasteiger partial charge in [0.2, 0.25) is 0 Å². The highest BCUT2D eigenvalue weighted by Gasteiger charge is 2.06. The SMILES string of the molecule is CC(C)c1cc(=O)n(C)[nH]1.CC(C)c1cc(C#N)n(C)n1. The van der Waals surface area contributed by atoms with E-state index in [1.165, 1.54) is 4.68 Å². The second kappa shape index (κ2) is 6.93. The quantitative estimate of drug-likeness (QED) is 0.920. The van der Waals surface area contributed by atoms with Crippen molar-refractivity contribution in [3.05, 3.63) is 39.6 Å². The molecule has 21 heavy (non-hydrogen) atoms. The Hall–Kier alpha value is -2.29. The molecule has 2 aromatic rings. The first-order chi connectivity index (χ1) is 9.76. The Morgan fingerprint density at radius 3 is 2.05 bits per heavy atom. The van der Waals surface area contributed by atoms with E-state index >= 15 is 0 Å². The molecule has 0 amide bonds. The van der Waals surface area contributed by atoms with Crippen LogP contribution in [0.3, 0.4) is 0 Å². The van der Waals surface area contributed by atoms with Crippen molar-refractivity contribution in [2.24, 2.45) is 14.1 Å². The summed E-state index contributed by atoms with van der Waals surface area (Å²) in [5.41, 5.74) is 2.62. The largest absolute Gasteiger partial charge is 0.300 e. The number of nitriles is 1. The van der Waals surface area contributed by atoms with Crippen molar-refractivity contribution < 1.29 is 0 Å². The van der Waals surface area contributed by atoms with E-state index in [-0.39, 0.29) is 5.56 Å². The second-order valence-electron chi connectivity index (χ2n) is 5.61. The molecule has 0 atom stereocenters. The Bertz CT molecular complexity index is 682. The van der Waals surface area contributed by atoms with Gasteiger partial charge in [0.05, 0.1) is 5.69 Å². The minimum Gasteiger partial charge on any atom is -0.300 e. The molecule has 0 aliphatic carbocycles. The van der Waals surface area contributed by atoms with E-state index in [9.17, 15) is 4.79 Å². The lowest BCUT2D eigenvalue weighted by atomic mass is 10.1. The summed E-state index contributed by atoms with van der Waals surface area (Å²) in [5.74, 6) is 0.789. The molecular formula is C15H23N5O. The lowest BCUT2D eigenvalue weighted by Gasteiger charge is -1.97. The molecule has 0 aliphatic heterocycles. The van der Waals surface area contributed by atoms with Gasteiger partial charge in [0.15, 0.2) is 0 Å². The van der Waals surface area contributed by atoms with Gasteiger partial charge in [0, 0.05) is 25.9 Å². The van der Waals surface area contributed by atoms with Crippen LogP contribution >= 0.6 is 0 Å². The molecule has 0 radical (unpaired) electrons. The van der Waals surface area contributed by atoms with Crippen LogP contribution in [0.5, 0.6) is 0 Å². The van der Waals surface area contributed by atoms with Crippen LogP contribution < -0.4 is 5.56 Å². The van der Waals surface area contributed by atoms with E-state index in [1.54, 1.807) is 24.8 Å². The van der Waals surface area contributed by atoms with Crippen molar-refractivity contribution in [1.82, 2.24) is 19.6 Å². The fraction of sp³-hybridized carbons (Fsp3) is 0.533. The Morgan fingerprint density at radius 1 is 1.19 bits per heavy atom. The number of hydrogen-bond acceptors (Lipinski definition) is 3. The smallest absolute Gasteiger partial charge is 0.266 e. The van der Waals surface area contributed by atoms with Gasteiger partial charge in [-0.25, -0.2) is 0 Å². The number of aryl methyl sites for hydroxylation is 2. The highest BCUT2D eigenvalue weighted by Crippen LogP contribution is 2.12. The Balaban J connectivity index is 0.000000211. The molecule has 2 heterocycles. The van der Waals surface area contributed by atoms with Gasteiger partial charge in [-0.05, 0) is 17.9 Å². The van der Waals surface area contributed by atoms with Gasteiger partial charge in [-0.2, -0.15) is 10.4 Å². The Kier molecular flexibility index (Phi) is 5.53. The molecule has 0 unspecified atom stereocenters. The molecule has 6 nitrogen and oxygen atoms in total. The number of aromatic nitrogens is 4. The van der Waals surface area contributed by atoms with Crippen molar-refractivity contribution in [2.75, 3.05) is 0 Å². The Morgan fingerprint density at radius 2 is 1.81 bits per heavy atom. The zero-order chi connectivity index (χ0) is 16.2. The molecular weight excluding hydrogens is 266 g/mol. The molecule has 0 spiro atoms. The van der Waals surface area contributed by atoms with Crippen molar-refractivity contribution in [3.63, 3.8) is 0 Å². The summed E-state index contributed by atoms with van der Waals surface area (Å²) >= 11 is 0. The van der Waals surface area contributed by atoms with Gasteiger partial charge < -0.3 is 0 Å². The highest BCUT2D eigenvalue weighted by molar-refractivity contribution is 5.24. The minimum atomic E-state index is 0.0312. The monoisotopic (exact) mass is 289 g/mol. The average Bonchev–Trinajstić information content (AvgIpc) is 2.94. The van der Waals surface area contributed by atoms with Crippen LogP contribution in [0.15, 0.2) is 16.9 Å². The topological polar surface area (TPSA) is 79.4 Å². The van der Waals surface area contributed by atoms with Gasteiger partial charge in [-0.1, -0.05) is 27.7 Å². The molecule has 0 fully saturated rings. The third kappa shape index (κ3) is 4.35. The molecule has 0 saturated carbocycles.